The van der Waals surface area contributed by atoms with E-state index in [1.165, 1.54) is 11.1 Å². The number of hydrogen-bond acceptors (Lipinski definition) is 3. The van der Waals surface area contributed by atoms with E-state index in [0.29, 0.717) is 6.54 Å². The Kier molecular flexibility index (Phi) is 4.24. The van der Waals surface area contributed by atoms with Crippen molar-refractivity contribution in [3.8, 4) is 0 Å². The Morgan fingerprint density at radius 3 is 2.83 bits per heavy atom. The molecule has 0 saturated carbocycles. The van der Waals surface area contributed by atoms with Gasteiger partial charge in [-0.3, -0.25) is 4.79 Å². The fraction of sp³-hybridized carbons (Fsp3) is 0.316. The van der Waals surface area contributed by atoms with Gasteiger partial charge in [0.25, 0.3) is 0 Å². The first-order valence-electron chi connectivity index (χ1n) is 8.04. The number of hydrogen-bond donors (Lipinski definition) is 2. The molecule has 0 aromatic heterocycles. The zero-order chi connectivity index (χ0) is 16.4. The van der Waals surface area contributed by atoms with Crippen molar-refractivity contribution in [2.75, 3.05) is 29.0 Å². The molecule has 3 N–H and O–H groups in total. The Morgan fingerprint density at radius 2 is 2.00 bits per heavy atom. The molecule has 23 heavy (non-hydrogen) atoms. The first-order chi connectivity index (χ1) is 11.1. The quantitative estimate of drug-likeness (QED) is 0.856. The molecular weight excluding hydrogens is 286 g/mol. The molecule has 1 aliphatic rings. The Morgan fingerprint density at radius 1 is 1.22 bits per heavy atom. The van der Waals surface area contributed by atoms with Crippen LogP contribution in [-0.2, 0) is 11.2 Å². The van der Waals surface area contributed by atoms with Crippen LogP contribution in [0.1, 0.15) is 23.1 Å². The lowest BCUT2D eigenvalue weighted by atomic mass is 10.00. The highest BCUT2D eigenvalue weighted by atomic mass is 16.2. The molecule has 120 valence electrons. The Bertz CT molecular complexity index is 739. The van der Waals surface area contributed by atoms with E-state index in [-0.39, 0.29) is 5.91 Å². The topological polar surface area (TPSA) is 58.4 Å². The first-order valence-corrected chi connectivity index (χ1v) is 8.04. The van der Waals surface area contributed by atoms with Crippen LogP contribution in [0.5, 0.6) is 0 Å². The third kappa shape index (κ3) is 3.16. The second-order valence-electron chi connectivity index (χ2n) is 6.17. The fourth-order valence-corrected chi connectivity index (χ4v) is 3.14. The normalized spacial score (nSPS) is 13.6. The molecule has 3 rings (SSSR count). The molecule has 0 unspecified atom stereocenters. The first kappa shape index (κ1) is 15.4. The number of anilines is 3. The molecule has 1 heterocycles. The summed E-state index contributed by atoms with van der Waals surface area (Å²) >= 11 is 0. The molecule has 0 radical (unpaired) electrons. The van der Waals surface area contributed by atoms with Crippen molar-refractivity contribution < 1.29 is 4.79 Å². The number of nitrogens with two attached hydrogens (primary N) is 1. The van der Waals surface area contributed by atoms with Crippen LogP contribution in [0.4, 0.5) is 17.1 Å². The van der Waals surface area contributed by atoms with E-state index >= 15 is 0 Å². The third-order valence-corrected chi connectivity index (χ3v) is 4.60. The van der Waals surface area contributed by atoms with Crippen LogP contribution in [-0.4, -0.2) is 19.0 Å². The van der Waals surface area contributed by atoms with E-state index in [1.807, 2.05) is 31.2 Å². The van der Waals surface area contributed by atoms with Gasteiger partial charge < -0.3 is 16.0 Å². The van der Waals surface area contributed by atoms with Crippen LogP contribution in [0.3, 0.4) is 0 Å². The molecule has 0 spiro atoms. The van der Waals surface area contributed by atoms with Gasteiger partial charge in [-0.15, -0.1) is 0 Å². The summed E-state index contributed by atoms with van der Waals surface area (Å²) < 4.78 is 0. The van der Waals surface area contributed by atoms with Gasteiger partial charge in [-0.25, -0.2) is 0 Å². The van der Waals surface area contributed by atoms with Gasteiger partial charge in [-0.1, -0.05) is 18.2 Å². The van der Waals surface area contributed by atoms with Gasteiger partial charge in [-0.05, 0) is 61.6 Å². The summed E-state index contributed by atoms with van der Waals surface area (Å²) in [5, 5.41) is 3.03. The number of rotatable bonds is 3. The maximum atomic E-state index is 12.5. The van der Waals surface area contributed by atoms with Gasteiger partial charge in [0.2, 0.25) is 5.91 Å². The largest absolute Gasteiger partial charge is 0.398 e. The number of nitrogens with zero attached hydrogens (tertiary/aromatic N) is 1. The van der Waals surface area contributed by atoms with Crippen LogP contribution in [0, 0.1) is 13.8 Å². The molecule has 0 aliphatic carbocycles. The molecule has 0 atom stereocenters. The monoisotopic (exact) mass is 309 g/mol. The minimum absolute atomic E-state index is 0.00831. The molecule has 1 aliphatic heterocycles. The van der Waals surface area contributed by atoms with E-state index in [4.69, 9.17) is 5.73 Å². The smallest absolute Gasteiger partial charge is 0.243 e. The molecule has 2 aromatic rings. The Hall–Kier alpha value is -2.49. The molecule has 0 saturated heterocycles. The predicted octanol–water partition coefficient (Wildman–Crippen LogP) is 3.28. The Labute approximate surface area is 137 Å². The summed E-state index contributed by atoms with van der Waals surface area (Å²) in [7, 11) is 0. The van der Waals surface area contributed by atoms with Gasteiger partial charge in [0.05, 0.1) is 6.54 Å². The predicted molar refractivity (Wildman–Crippen MR) is 95.9 cm³/mol. The van der Waals surface area contributed by atoms with Crippen LogP contribution in [0.25, 0.3) is 0 Å². The number of benzene rings is 2. The van der Waals surface area contributed by atoms with Crippen molar-refractivity contribution in [3.63, 3.8) is 0 Å². The minimum atomic E-state index is 0.00831. The standard InChI is InChI=1S/C19H23N3O/c1-13-6-3-9-17(14(13)2)21-19(23)12-22-11-5-7-15-16(20)8-4-10-18(15)22/h3-4,6,8-10H,5,7,11-12,20H2,1-2H3,(H,21,23). The third-order valence-electron chi connectivity index (χ3n) is 4.60. The van der Waals surface area contributed by atoms with Crippen LogP contribution >= 0.6 is 0 Å². The number of nitrogen functional groups attached to an aromatic ring is 1. The maximum absolute atomic E-state index is 12.5. The van der Waals surface area contributed by atoms with Gasteiger partial charge in [0.15, 0.2) is 0 Å². The second-order valence-corrected chi connectivity index (χ2v) is 6.17. The zero-order valence-electron chi connectivity index (χ0n) is 13.7. The summed E-state index contributed by atoms with van der Waals surface area (Å²) in [5.41, 5.74) is 12.3. The number of carbonyl (C=O) groups is 1. The van der Waals surface area contributed by atoms with Crippen LogP contribution in [0.15, 0.2) is 36.4 Å². The van der Waals surface area contributed by atoms with E-state index in [2.05, 4.69) is 29.3 Å². The van der Waals surface area contributed by atoms with Crippen molar-refractivity contribution >= 4 is 23.0 Å². The number of aryl methyl sites for hydroxylation is 1. The Balaban J connectivity index is 1.75. The highest BCUT2D eigenvalue weighted by Gasteiger charge is 2.20. The van der Waals surface area contributed by atoms with Gasteiger partial charge in [0, 0.05) is 23.6 Å². The van der Waals surface area contributed by atoms with Crippen molar-refractivity contribution in [2.24, 2.45) is 0 Å². The fourth-order valence-electron chi connectivity index (χ4n) is 3.14. The van der Waals surface area contributed by atoms with Crippen molar-refractivity contribution in [3.05, 3.63) is 53.1 Å². The van der Waals surface area contributed by atoms with E-state index < -0.39 is 0 Å². The van der Waals surface area contributed by atoms with Crippen molar-refractivity contribution in [1.29, 1.82) is 0 Å². The summed E-state index contributed by atoms with van der Waals surface area (Å²) in [6, 6.07) is 11.9. The molecule has 0 fully saturated rings. The zero-order valence-corrected chi connectivity index (χ0v) is 13.7. The lowest BCUT2D eigenvalue weighted by Crippen LogP contribution is -2.37. The van der Waals surface area contributed by atoms with E-state index in [0.717, 1.165) is 42.0 Å². The van der Waals surface area contributed by atoms with Crippen LogP contribution in [0.2, 0.25) is 0 Å². The number of nitrogens with one attached hydrogen (secondary N) is 1. The number of carbonyl (C=O) groups excluding carboxylic acids is 1. The van der Waals surface area contributed by atoms with Crippen molar-refractivity contribution in [1.82, 2.24) is 0 Å². The molecule has 2 aromatic carbocycles. The van der Waals surface area contributed by atoms with Crippen molar-refractivity contribution in [2.45, 2.75) is 26.7 Å². The van der Waals surface area contributed by atoms with E-state index in [9.17, 15) is 4.79 Å². The van der Waals surface area contributed by atoms with Gasteiger partial charge in [-0.2, -0.15) is 0 Å². The van der Waals surface area contributed by atoms with Gasteiger partial charge in [0.1, 0.15) is 0 Å². The second kappa shape index (κ2) is 6.32. The minimum Gasteiger partial charge on any atom is -0.398 e. The molecule has 4 heteroatoms. The number of fused-ring (bicyclic) bond motifs is 1. The summed E-state index contributed by atoms with van der Waals surface area (Å²) in [6.45, 7) is 5.32. The molecule has 4 nitrogen and oxygen atoms in total. The summed E-state index contributed by atoms with van der Waals surface area (Å²) in [6.07, 6.45) is 2.01. The maximum Gasteiger partial charge on any atom is 0.243 e. The lowest BCUT2D eigenvalue weighted by Gasteiger charge is -2.31. The molecular formula is C19H23N3O. The lowest BCUT2D eigenvalue weighted by molar-refractivity contribution is -0.115. The SMILES string of the molecule is Cc1cccc(NC(=O)CN2CCCc3c(N)cccc32)c1C. The average Bonchev–Trinajstić information content (AvgIpc) is 2.53. The highest BCUT2D eigenvalue weighted by molar-refractivity contribution is 5.95. The molecule has 1 amide bonds. The van der Waals surface area contributed by atoms with Gasteiger partial charge >= 0.3 is 0 Å². The molecule has 0 bridgehead atoms. The summed E-state index contributed by atoms with van der Waals surface area (Å²) in [5.74, 6) is 0.00831. The van der Waals surface area contributed by atoms with Crippen LogP contribution < -0.4 is 16.0 Å². The average molecular weight is 309 g/mol. The highest BCUT2D eigenvalue weighted by Crippen LogP contribution is 2.31. The van der Waals surface area contributed by atoms with E-state index in [1.54, 1.807) is 0 Å². The summed E-state index contributed by atoms with van der Waals surface area (Å²) in [4.78, 5) is 14.6. The number of amides is 1.